The maximum atomic E-state index is 6.11. The first kappa shape index (κ1) is 9.27. The summed E-state index contributed by atoms with van der Waals surface area (Å²) in [6.45, 7) is 11.4. The summed E-state index contributed by atoms with van der Waals surface area (Å²) < 4.78 is 6.11. The molecule has 0 spiro atoms. The van der Waals surface area contributed by atoms with E-state index in [0.717, 1.165) is 5.92 Å². The molecule has 0 bridgehead atoms. The molecule has 1 atom stereocenters. The van der Waals surface area contributed by atoms with Crippen LogP contribution in [0.4, 0.5) is 0 Å². The summed E-state index contributed by atoms with van der Waals surface area (Å²) in [5.41, 5.74) is 0.133. The number of rotatable bonds is 0. The number of hydrogen-bond donors (Lipinski definition) is 0. The first-order chi connectivity index (χ1) is 4.83. The van der Waals surface area contributed by atoms with E-state index in [0.29, 0.717) is 0 Å². The summed E-state index contributed by atoms with van der Waals surface area (Å²) in [5, 5.41) is 0. The third kappa shape index (κ3) is 2.06. The summed E-state index contributed by atoms with van der Waals surface area (Å²) >= 11 is 0. The Kier molecular flexibility index (Phi) is 2.19. The highest BCUT2D eigenvalue weighted by molar-refractivity contribution is 6.71. The van der Waals surface area contributed by atoms with E-state index >= 15 is 0 Å². The van der Waals surface area contributed by atoms with Crippen molar-refractivity contribution in [3.05, 3.63) is 0 Å². The predicted molar refractivity (Wildman–Crippen MR) is 51.2 cm³/mol. The van der Waals surface area contributed by atoms with E-state index in [-0.39, 0.29) is 5.60 Å². The summed E-state index contributed by atoms with van der Waals surface area (Å²) in [7, 11) is -1.27. The molecule has 2 heteroatoms. The number of hydrogen-bond acceptors (Lipinski definition) is 1. The topological polar surface area (TPSA) is 9.23 Å². The van der Waals surface area contributed by atoms with Crippen molar-refractivity contribution in [2.45, 2.75) is 51.9 Å². The van der Waals surface area contributed by atoms with E-state index < -0.39 is 8.32 Å². The van der Waals surface area contributed by atoms with E-state index in [1.165, 1.54) is 12.5 Å². The SMILES string of the molecule is CC1CC[Si](C)(C)OC1(C)C. The zero-order valence-corrected chi connectivity index (χ0v) is 9.40. The van der Waals surface area contributed by atoms with Crippen LogP contribution < -0.4 is 0 Å². The molecule has 1 heterocycles. The molecule has 0 N–H and O–H groups in total. The molecule has 1 aliphatic rings. The van der Waals surface area contributed by atoms with Gasteiger partial charge in [-0.15, -0.1) is 0 Å². The summed E-state index contributed by atoms with van der Waals surface area (Å²) in [5.74, 6) is 0.725. The lowest BCUT2D eigenvalue weighted by atomic mass is 9.91. The molecule has 1 saturated heterocycles. The van der Waals surface area contributed by atoms with Gasteiger partial charge in [0.25, 0.3) is 0 Å². The van der Waals surface area contributed by atoms with Gasteiger partial charge in [-0.05, 0) is 45.3 Å². The van der Waals surface area contributed by atoms with Crippen molar-refractivity contribution in [1.82, 2.24) is 0 Å². The maximum absolute atomic E-state index is 6.11. The standard InChI is InChI=1S/C9H20OSi/c1-8-6-7-11(4,5)10-9(8,2)3/h8H,6-7H2,1-5H3. The average Bonchev–Trinajstić information content (AvgIpc) is 1.77. The molecule has 1 unspecified atom stereocenters. The monoisotopic (exact) mass is 172 g/mol. The van der Waals surface area contributed by atoms with Gasteiger partial charge in [0.1, 0.15) is 0 Å². The molecule has 0 aromatic carbocycles. The van der Waals surface area contributed by atoms with E-state index in [9.17, 15) is 0 Å². The van der Waals surface area contributed by atoms with Gasteiger partial charge in [0.05, 0.1) is 5.60 Å². The van der Waals surface area contributed by atoms with Crippen LogP contribution in [0.25, 0.3) is 0 Å². The van der Waals surface area contributed by atoms with Crippen molar-refractivity contribution in [1.29, 1.82) is 0 Å². The van der Waals surface area contributed by atoms with E-state index in [1.54, 1.807) is 0 Å². The fourth-order valence-electron chi connectivity index (χ4n) is 1.78. The molecule has 1 nitrogen and oxygen atoms in total. The van der Waals surface area contributed by atoms with Gasteiger partial charge in [0, 0.05) is 0 Å². The van der Waals surface area contributed by atoms with E-state index in [4.69, 9.17) is 4.43 Å². The summed E-state index contributed by atoms with van der Waals surface area (Å²) in [6, 6.07) is 1.33. The van der Waals surface area contributed by atoms with Crippen LogP contribution >= 0.6 is 0 Å². The third-order valence-corrected chi connectivity index (χ3v) is 5.48. The predicted octanol–water partition coefficient (Wildman–Crippen LogP) is 3.03. The highest BCUT2D eigenvalue weighted by atomic mass is 28.4. The Morgan fingerprint density at radius 3 is 2.27 bits per heavy atom. The van der Waals surface area contributed by atoms with Crippen molar-refractivity contribution in [2.24, 2.45) is 5.92 Å². The summed E-state index contributed by atoms with van der Waals surface area (Å²) in [6.07, 6.45) is 1.35. The Hall–Kier alpha value is 0.177. The quantitative estimate of drug-likeness (QED) is 0.510. The van der Waals surface area contributed by atoms with E-state index in [1.807, 2.05) is 0 Å². The van der Waals surface area contributed by atoms with Gasteiger partial charge in [-0.25, -0.2) is 0 Å². The van der Waals surface area contributed by atoms with Gasteiger partial charge in [0.2, 0.25) is 0 Å². The maximum Gasteiger partial charge on any atom is 0.187 e. The lowest BCUT2D eigenvalue weighted by molar-refractivity contribution is 0.0229. The van der Waals surface area contributed by atoms with Gasteiger partial charge in [-0.2, -0.15) is 0 Å². The molecule has 0 aromatic heterocycles. The lowest BCUT2D eigenvalue weighted by Gasteiger charge is -2.44. The van der Waals surface area contributed by atoms with Gasteiger partial charge in [-0.3, -0.25) is 0 Å². The molecule has 0 amide bonds. The largest absolute Gasteiger partial charge is 0.412 e. The third-order valence-electron chi connectivity index (χ3n) is 2.91. The van der Waals surface area contributed by atoms with Crippen molar-refractivity contribution < 1.29 is 4.43 Å². The minimum Gasteiger partial charge on any atom is -0.412 e. The Balaban J connectivity index is 2.67. The Morgan fingerprint density at radius 2 is 1.91 bits per heavy atom. The first-order valence-electron chi connectivity index (χ1n) is 4.54. The van der Waals surface area contributed by atoms with Crippen molar-refractivity contribution in [3.63, 3.8) is 0 Å². The fourth-order valence-corrected chi connectivity index (χ4v) is 4.63. The molecular weight excluding hydrogens is 152 g/mol. The minimum absolute atomic E-state index is 0.133. The first-order valence-corrected chi connectivity index (χ1v) is 7.65. The molecule has 1 aliphatic heterocycles. The zero-order chi connectivity index (χ0) is 8.70. The molecule has 11 heavy (non-hydrogen) atoms. The van der Waals surface area contributed by atoms with Crippen LogP contribution in [-0.4, -0.2) is 13.9 Å². The van der Waals surface area contributed by atoms with Gasteiger partial charge >= 0.3 is 0 Å². The fraction of sp³-hybridized carbons (Fsp3) is 1.00. The van der Waals surface area contributed by atoms with Crippen LogP contribution in [0.2, 0.25) is 19.1 Å². The van der Waals surface area contributed by atoms with Crippen LogP contribution in [0.3, 0.4) is 0 Å². The summed E-state index contributed by atoms with van der Waals surface area (Å²) in [4.78, 5) is 0. The molecule has 0 aliphatic carbocycles. The Morgan fingerprint density at radius 1 is 1.36 bits per heavy atom. The minimum atomic E-state index is -1.27. The van der Waals surface area contributed by atoms with Crippen molar-refractivity contribution in [3.8, 4) is 0 Å². The zero-order valence-electron chi connectivity index (χ0n) is 8.40. The normalized spacial score (nSPS) is 35.2. The van der Waals surface area contributed by atoms with Crippen LogP contribution in [0, 0.1) is 5.92 Å². The highest BCUT2D eigenvalue weighted by Crippen LogP contribution is 2.37. The van der Waals surface area contributed by atoms with Gasteiger partial charge < -0.3 is 4.43 Å². The second-order valence-corrected chi connectivity index (χ2v) is 9.13. The van der Waals surface area contributed by atoms with Gasteiger partial charge in [-0.1, -0.05) is 6.92 Å². The average molecular weight is 172 g/mol. The Bertz CT molecular complexity index is 152. The van der Waals surface area contributed by atoms with Crippen LogP contribution in [0.1, 0.15) is 27.2 Å². The molecule has 1 fully saturated rings. The van der Waals surface area contributed by atoms with Crippen LogP contribution in [0.5, 0.6) is 0 Å². The van der Waals surface area contributed by atoms with Gasteiger partial charge in [0.15, 0.2) is 8.32 Å². The van der Waals surface area contributed by atoms with Crippen molar-refractivity contribution >= 4 is 8.32 Å². The molecule has 1 rings (SSSR count). The second kappa shape index (κ2) is 2.59. The molecule has 0 radical (unpaired) electrons. The lowest BCUT2D eigenvalue weighted by Crippen LogP contribution is -2.49. The smallest absolute Gasteiger partial charge is 0.187 e. The second-order valence-electron chi connectivity index (χ2n) is 4.90. The molecular formula is C9H20OSi. The van der Waals surface area contributed by atoms with E-state index in [2.05, 4.69) is 33.9 Å². The molecule has 0 saturated carbocycles. The van der Waals surface area contributed by atoms with Crippen molar-refractivity contribution in [2.75, 3.05) is 0 Å². The van der Waals surface area contributed by atoms with Crippen LogP contribution in [-0.2, 0) is 4.43 Å². The Labute approximate surface area is 71.3 Å². The molecule has 66 valence electrons. The highest BCUT2D eigenvalue weighted by Gasteiger charge is 2.39. The molecule has 0 aromatic rings. The van der Waals surface area contributed by atoms with Crippen LogP contribution in [0.15, 0.2) is 0 Å².